The summed E-state index contributed by atoms with van der Waals surface area (Å²) in [6, 6.07) is 4.22. The molecule has 0 saturated carbocycles. The third-order valence-electron chi connectivity index (χ3n) is 2.09. The molecule has 2 aromatic rings. The molecule has 2 aromatic heterocycles. The Bertz CT molecular complexity index is 614. The van der Waals surface area contributed by atoms with Gasteiger partial charge in [-0.3, -0.25) is 9.78 Å². The monoisotopic (exact) mass is 253 g/mol. The summed E-state index contributed by atoms with van der Waals surface area (Å²) >= 11 is 5.55. The Hall–Kier alpha value is -2.08. The van der Waals surface area contributed by atoms with Crippen molar-refractivity contribution in [2.75, 3.05) is 7.11 Å². The Morgan fingerprint density at radius 1 is 1.41 bits per heavy atom. The third kappa shape index (κ3) is 2.21. The fraction of sp³-hybridized carbons (Fsp3) is 0.100. The van der Waals surface area contributed by atoms with E-state index in [1.165, 1.54) is 13.3 Å². The van der Waals surface area contributed by atoms with Crippen LogP contribution in [0.25, 0.3) is 5.69 Å². The first-order chi connectivity index (χ1) is 8.11. The largest absolute Gasteiger partial charge is 0.481 e. The number of H-pyrrole nitrogens is 1. The Morgan fingerprint density at radius 3 is 2.71 bits per heavy atom. The average Bonchev–Trinajstić information content (AvgIpc) is 2.28. The molecule has 0 radical (unpaired) electrons. The number of hydrogen-bond donors (Lipinski definition) is 1. The second kappa shape index (κ2) is 4.42. The maximum atomic E-state index is 11.6. The zero-order chi connectivity index (χ0) is 12.4. The van der Waals surface area contributed by atoms with Gasteiger partial charge in [0.1, 0.15) is 5.15 Å². The van der Waals surface area contributed by atoms with Crippen LogP contribution in [0.15, 0.2) is 34.0 Å². The lowest BCUT2D eigenvalue weighted by Crippen LogP contribution is -2.32. The molecule has 0 bridgehead atoms. The van der Waals surface area contributed by atoms with E-state index in [1.54, 1.807) is 12.1 Å². The topological polar surface area (TPSA) is 77.0 Å². The molecule has 6 nitrogen and oxygen atoms in total. The molecule has 0 aliphatic rings. The SMILES string of the molecule is COc1ccc(-n2c(=O)cc(Cl)[nH]c2=O)cn1. The van der Waals surface area contributed by atoms with Gasteiger partial charge >= 0.3 is 5.69 Å². The zero-order valence-electron chi connectivity index (χ0n) is 8.81. The van der Waals surface area contributed by atoms with Gasteiger partial charge in [0, 0.05) is 12.1 Å². The third-order valence-corrected chi connectivity index (χ3v) is 2.29. The van der Waals surface area contributed by atoms with Gasteiger partial charge in [-0.1, -0.05) is 11.6 Å². The number of ether oxygens (including phenoxy) is 1. The van der Waals surface area contributed by atoms with Crippen molar-refractivity contribution >= 4 is 11.6 Å². The van der Waals surface area contributed by atoms with Crippen LogP contribution in [0.3, 0.4) is 0 Å². The maximum absolute atomic E-state index is 11.6. The van der Waals surface area contributed by atoms with Crippen LogP contribution in [0, 0.1) is 0 Å². The van der Waals surface area contributed by atoms with Crippen LogP contribution in [-0.2, 0) is 0 Å². The zero-order valence-corrected chi connectivity index (χ0v) is 9.56. The Balaban J connectivity index is 2.60. The lowest BCUT2D eigenvalue weighted by molar-refractivity contribution is 0.397. The van der Waals surface area contributed by atoms with E-state index < -0.39 is 11.2 Å². The quantitative estimate of drug-likeness (QED) is 0.795. The van der Waals surface area contributed by atoms with E-state index in [-0.39, 0.29) is 5.15 Å². The number of methoxy groups -OCH3 is 1. The lowest BCUT2D eigenvalue weighted by atomic mass is 10.4. The predicted molar refractivity (Wildman–Crippen MR) is 62.0 cm³/mol. The van der Waals surface area contributed by atoms with Crippen LogP contribution in [0.2, 0.25) is 5.15 Å². The van der Waals surface area contributed by atoms with Gasteiger partial charge in [-0.05, 0) is 6.07 Å². The lowest BCUT2D eigenvalue weighted by Gasteiger charge is -2.04. The predicted octanol–water partition coefficient (Wildman–Crippen LogP) is 0.583. The van der Waals surface area contributed by atoms with Crippen molar-refractivity contribution in [3.8, 4) is 11.6 Å². The van der Waals surface area contributed by atoms with Crippen LogP contribution in [-0.4, -0.2) is 21.6 Å². The van der Waals surface area contributed by atoms with E-state index in [1.807, 2.05) is 0 Å². The normalized spacial score (nSPS) is 10.2. The standard InChI is InChI=1S/C10H8ClN3O3/c1-17-8-3-2-6(5-12-8)14-9(15)4-7(11)13-10(14)16/h2-5H,1H3,(H,13,16). The van der Waals surface area contributed by atoms with Gasteiger partial charge in [0.2, 0.25) is 5.88 Å². The molecule has 0 amide bonds. The van der Waals surface area contributed by atoms with Gasteiger partial charge in [-0.15, -0.1) is 0 Å². The maximum Gasteiger partial charge on any atom is 0.334 e. The summed E-state index contributed by atoms with van der Waals surface area (Å²) in [6.45, 7) is 0. The molecule has 0 aliphatic heterocycles. The highest BCUT2D eigenvalue weighted by Crippen LogP contribution is 2.08. The number of rotatable bonds is 2. The summed E-state index contributed by atoms with van der Waals surface area (Å²) in [5.74, 6) is 0.396. The van der Waals surface area contributed by atoms with Crippen LogP contribution < -0.4 is 16.0 Å². The first kappa shape index (κ1) is 11.4. The molecule has 17 heavy (non-hydrogen) atoms. The van der Waals surface area contributed by atoms with E-state index in [9.17, 15) is 9.59 Å². The molecule has 88 valence electrons. The number of nitrogens with one attached hydrogen (secondary N) is 1. The Labute approximate surface area is 100 Å². The minimum atomic E-state index is -0.616. The Morgan fingerprint density at radius 2 is 2.18 bits per heavy atom. The molecule has 0 aromatic carbocycles. The van der Waals surface area contributed by atoms with Gasteiger partial charge < -0.3 is 4.74 Å². The molecular weight excluding hydrogens is 246 g/mol. The van der Waals surface area contributed by atoms with Gasteiger partial charge in [0.15, 0.2) is 0 Å². The van der Waals surface area contributed by atoms with E-state index in [0.717, 1.165) is 10.6 Å². The number of halogens is 1. The summed E-state index contributed by atoms with van der Waals surface area (Å²) in [7, 11) is 1.48. The first-order valence-corrected chi connectivity index (χ1v) is 5.02. The van der Waals surface area contributed by atoms with E-state index in [0.29, 0.717) is 11.6 Å². The van der Waals surface area contributed by atoms with Crippen molar-refractivity contribution in [2.45, 2.75) is 0 Å². The minimum Gasteiger partial charge on any atom is -0.481 e. The van der Waals surface area contributed by atoms with Crippen LogP contribution in [0.4, 0.5) is 0 Å². The number of nitrogens with zero attached hydrogens (tertiary/aromatic N) is 2. The van der Waals surface area contributed by atoms with Crippen molar-refractivity contribution in [1.82, 2.24) is 14.5 Å². The minimum absolute atomic E-state index is 0.00211. The highest BCUT2D eigenvalue weighted by Gasteiger charge is 2.06. The molecular formula is C10H8ClN3O3. The smallest absolute Gasteiger partial charge is 0.334 e. The van der Waals surface area contributed by atoms with Gasteiger partial charge in [-0.25, -0.2) is 14.3 Å². The van der Waals surface area contributed by atoms with Gasteiger partial charge in [-0.2, -0.15) is 0 Å². The van der Waals surface area contributed by atoms with Crippen molar-refractivity contribution in [3.63, 3.8) is 0 Å². The summed E-state index contributed by atoms with van der Waals surface area (Å²) in [4.78, 5) is 29.4. The van der Waals surface area contributed by atoms with Gasteiger partial charge in [0.25, 0.3) is 5.56 Å². The molecule has 2 heterocycles. The molecule has 0 fully saturated rings. The highest BCUT2D eigenvalue weighted by molar-refractivity contribution is 6.29. The van der Waals surface area contributed by atoms with Crippen molar-refractivity contribution < 1.29 is 4.74 Å². The number of aromatic amines is 1. The number of hydrogen-bond acceptors (Lipinski definition) is 4. The summed E-state index contributed by atoms with van der Waals surface area (Å²) in [6.07, 6.45) is 1.36. The van der Waals surface area contributed by atoms with Crippen LogP contribution in [0.5, 0.6) is 5.88 Å². The van der Waals surface area contributed by atoms with E-state index in [2.05, 4.69) is 9.97 Å². The highest BCUT2D eigenvalue weighted by atomic mass is 35.5. The van der Waals surface area contributed by atoms with E-state index >= 15 is 0 Å². The van der Waals surface area contributed by atoms with Crippen LogP contribution in [0.1, 0.15) is 0 Å². The molecule has 0 atom stereocenters. The fourth-order valence-electron chi connectivity index (χ4n) is 1.34. The molecule has 0 spiro atoms. The average molecular weight is 254 g/mol. The van der Waals surface area contributed by atoms with Crippen LogP contribution >= 0.6 is 11.6 Å². The summed E-state index contributed by atoms with van der Waals surface area (Å²) in [5, 5.41) is -0.00211. The number of pyridine rings is 1. The van der Waals surface area contributed by atoms with Crippen molar-refractivity contribution in [2.24, 2.45) is 0 Å². The Kier molecular flexibility index (Phi) is 2.97. The van der Waals surface area contributed by atoms with Crippen molar-refractivity contribution in [1.29, 1.82) is 0 Å². The molecule has 2 rings (SSSR count). The second-order valence-corrected chi connectivity index (χ2v) is 3.56. The molecule has 0 unspecified atom stereocenters. The molecule has 7 heteroatoms. The summed E-state index contributed by atoms with van der Waals surface area (Å²) in [5.41, 5.74) is -0.797. The molecule has 1 N–H and O–H groups in total. The second-order valence-electron chi connectivity index (χ2n) is 3.15. The molecule has 0 aliphatic carbocycles. The van der Waals surface area contributed by atoms with E-state index in [4.69, 9.17) is 16.3 Å². The van der Waals surface area contributed by atoms with Crippen molar-refractivity contribution in [3.05, 3.63) is 50.4 Å². The van der Waals surface area contributed by atoms with Gasteiger partial charge in [0.05, 0.1) is 19.0 Å². The number of aromatic nitrogens is 3. The first-order valence-electron chi connectivity index (χ1n) is 4.64. The molecule has 0 saturated heterocycles. The summed E-state index contributed by atoms with van der Waals surface area (Å²) < 4.78 is 5.81. The fourth-order valence-corrected chi connectivity index (χ4v) is 1.51.